The van der Waals surface area contributed by atoms with Gasteiger partial charge in [0.2, 0.25) is 0 Å². The molecular weight excluding hydrogens is 268 g/mol. The summed E-state index contributed by atoms with van der Waals surface area (Å²) in [6.45, 7) is 2.32. The SMILES string of the molecule is O=C(c1ccc(Cl)cn1)N1C[C@H]2COC[C@@]2(CO)C1. The van der Waals surface area contributed by atoms with Crippen LogP contribution in [0.5, 0.6) is 0 Å². The minimum Gasteiger partial charge on any atom is -0.396 e. The van der Waals surface area contributed by atoms with Crippen LogP contribution in [-0.4, -0.2) is 53.8 Å². The number of nitrogens with zero attached hydrogens (tertiary/aromatic N) is 2. The zero-order valence-electron chi connectivity index (χ0n) is 10.4. The van der Waals surface area contributed by atoms with E-state index in [0.717, 1.165) is 0 Å². The second-order valence-corrected chi connectivity index (χ2v) is 5.72. The Bertz CT molecular complexity index is 493. The van der Waals surface area contributed by atoms with E-state index in [4.69, 9.17) is 16.3 Å². The number of rotatable bonds is 2. The molecule has 1 N–H and O–H groups in total. The largest absolute Gasteiger partial charge is 0.396 e. The smallest absolute Gasteiger partial charge is 0.272 e. The Kier molecular flexibility index (Phi) is 3.20. The Morgan fingerprint density at radius 3 is 3.11 bits per heavy atom. The lowest BCUT2D eigenvalue weighted by atomic mass is 9.82. The molecule has 102 valence electrons. The first-order valence-corrected chi connectivity index (χ1v) is 6.62. The van der Waals surface area contributed by atoms with E-state index < -0.39 is 0 Å². The van der Waals surface area contributed by atoms with E-state index in [2.05, 4.69) is 4.98 Å². The van der Waals surface area contributed by atoms with Gasteiger partial charge in [-0.25, -0.2) is 4.98 Å². The van der Waals surface area contributed by atoms with Gasteiger partial charge in [-0.3, -0.25) is 4.79 Å². The van der Waals surface area contributed by atoms with Gasteiger partial charge in [0.25, 0.3) is 5.91 Å². The molecule has 1 aromatic rings. The van der Waals surface area contributed by atoms with E-state index in [1.165, 1.54) is 6.20 Å². The summed E-state index contributed by atoms with van der Waals surface area (Å²) in [4.78, 5) is 18.1. The Labute approximate surface area is 116 Å². The number of fused-ring (bicyclic) bond motifs is 1. The Morgan fingerprint density at radius 1 is 1.63 bits per heavy atom. The van der Waals surface area contributed by atoms with Gasteiger partial charge >= 0.3 is 0 Å². The summed E-state index contributed by atoms with van der Waals surface area (Å²) >= 11 is 5.76. The second-order valence-electron chi connectivity index (χ2n) is 5.28. The average molecular weight is 283 g/mol. The predicted octanol–water partition coefficient (Wildman–Crippen LogP) is 0.816. The number of pyridine rings is 1. The van der Waals surface area contributed by atoms with Crippen molar-refractivity contribution in [3.63, 3.8) is 0 Å². The number of aromatic nitrogens is 1. The van der Waals surface area contributed by atoms with Gasteiger partial charge in [-0.15, -0.1) is 0 Å². The normalized spacial score (nSPS) is 29.6. The van der Waals surface area contributed by atoms with Gasteiger partial charge < -0.3 is 14.7 Å². The molecule has 19 heavy (non-hydrogen) atoms. The molecule has 3 heterocycles. The molecule has 0 saturated carbocycles. The summed E-state index contributed by atoms with van der Waals surface area (Å²) in [5, 5.41) is 10.1. The van der Waals surface area contributed by atoms with Crippen LogP contribution < -0.4 is 0 Å². The predicted molar refractivity (Wildman–Crippen MR) is 69.0 cm³/mol. The van der Waals surface area contributed by atoms with Gasteiger partial charge in [-0.05, 0) is 12.1 Å². The number of aliphatic hydroxyl groups excluding tert-OH is 1. The number of carbonyl (C=O) groups is 1. The van der Waals surface area contributed by atoms with Crippen molar-refractivity contribution in [3.05, 3.63) is 29.0 Å². The van der Waals surface area contributed by atoms with E-state index >= 15 is 0 Å². The van der Waals surface area contributed by atoms with Crippen LogP contribution in [0.1, 0.15) is 10.5 Å². The van der Waals surface area contributed by atoms with Gasteiger partial charge in [-0.2, -0.15) is 0 Å². The first-order chi connectivity index (χ1) is 9.14. The highest BCUT2D eigenvalue weighted by atomic mass is 35.5. The van der Waals surface area contributed by atoms with Crippen LogP contribution in [-0.2, 0) is 4.74 Å². The van der Waals surface area contributed by atoms with Gasteiger partial charge in [0.1, 0.15) is 5.69 Å². The van der Waals surface area contributed by atoms with Crippen molar-refractivity contribution in [1.29, 1.82) is 0 Å². The average Bonchev–Trinajstić information content (AvgIpc) is 2.95. The summed E-state index contributed by atoms with van der Waals surface area (Å²) in [5.41, 5.74) is 0.0978. The number of hydrogen-bond acceptors (Lipinski definition) is 4. The number of aliphatic hydroxyl groups is 1. The quantitative estimate of drug-likeness (QED) is 0.872. The highest BCUT2D eigenvalue weighted by Gasteiger charge is 2.51. The first-order valence-electron chi connectivity index (χ1n) is 6.24. The number of amides is 1. The highest BCUT2D eigenvalue weighted by molar-refractivity contribution is 6.30. The summed E-state index contributed by atoms with van der Waals surface area (Å²) in [5.74, 6) is 0.104. The summed E-state index contributed by atoms with van der Waals surface area (Å²) in [6.07, 6.45) is 1.47. The molecule has 3 rings (SSSR count). The minimum atomic E-state index is -0.290. The van der Waals surface area contributed by atoms with Gasteiger partial charge in [0.15, 0.2) is 0 Å². The molecule has 2 fully saturated rings. The summed E-state index contributed by atoms with van der Waals surface area (Å²) < 4.78 is 5.42. The Hall–Kier alpha value is -1.17. The van der Waals surface area contributed by atoms with Crippen molar-refractivity contribution in [3.8, 4) is 0 Å². The maximum Gasteiger partial charge on any atom is 0.272 e. The fourth-order valence-electron chi connectivity index (χ4n) is 2.87. The molecular formula is C13H15ClN2O3. The number of likely N-dealkylation sites (tertiary alicyclic amines) is 1. The second kappa shape index (κ2) is 4.74. The standard InChI is InChI=1S/C13H15ClN2O3/c14-10-1-2-11(15-3-10)12(18)16-4-9-5-19-8-13(9,6-16)7-17/h1-3,9,17H,4-8H2/t9-,13-/m0/s1. The number of hydrogen-bond donors (Lipinski definition) is 1. The number of ether oxygens (including phenoxy) is 1. The summed E-state index contributed by atoms with van der Waals surface area (Å²) in [7, 11) is 0. The minimum absolute atomic E-state index is 0.0511. The van der Waals surface area contributed by atoms with Crippen molar-refractivity contribution in [2.75, 3.05) is 32.9 Å². The molecule has 0 radical (unpaired) electrons. The molecule has 0 bridgehead atoms. The van der Waals surface area contributed by atoms with Gasteiger partial charge in [-0.1, -0.05) is 11.6 Å². The molecule has 1 amide bonds. The molecule has 2 aliphatic rings. The lowest BCUT2D eigenvalue weighted by molar-refractivity contribution is 0.0626. The van der Waals surface area contributed by atoms with Crippen molar-refractivity contribution < 1.29 is 14.6 Å². The first kappa shape index (κ1) is 12.8. The number of carbonyl (C=O) groups excluding carboxylic acids is 1. The lowest BCUT2D eigenvalue weighted by Crippen LogP contribution is -2.36. The van der Waals surface area contributed by atoms with Crippen molar-refractivity contribution >= 4 is 17.5 Å². The zero-order chi connectivity index (χ0) is 13.5. The Balaban J connectivity index is 1.78. The topological polar surface area (TPSA) is 62.7 Å². The lowest BCUT2D eigenvalue weighted by Gasteiger charge is -2.24. The van der Waals surface area contributed by atoms with Crippen LogP contribution in [0.4, 0.5) is 0 Å². The Morgan fingerprint density at radius 2 is 2.47 bits per heavy atom. The molecule has 0 unspecified atom stereocenters. The molecule has 2 aliphatic heterocycles. The molecule has 5 nitrogen and oxygen atoms in total. The van der Waals surface area contributed by atoms with Crippen molar-refractivity contribution in [2.24, 2.45) is 11.3 Å². The van der Waals surface area contributed by atoms with E-state index in [1.807, 2.05) is 0 Å². The fourth-order valence-corrected chi connectivity index (χ4v) is 2.99. The maximum atomic E-state index is 12.3. The van der Waals surface area contributed by atoms with Gasteiger partial charge in [0, 0.05) is 30.6 Å². The molecule has 0 spiro atoms. The van der Waals surface area contributed by atoms with Crippen LogP contribution in [0.15, 0.2) is 18.3 Å². The molecule has 0 aliphatic carbocycles. The third kappa shape index (κ3) is 2.12. The van der Waals surface area contributed by atoms with Crippen LogP contribution in [0, 0.1) is 11.3 Å². The van der Waals surface area contributed by atoms with E-state index in [1.54, 1.807) is 17.0 Å². The van der Waals surface area contributed by atoms with Crippen LogP contribution in [0.2, 0.25) is 5.02 Å². The summed E-state index contributed by atoms with van der Waals surface area (Å²) in [6, 6.07) is 3.28. The molecule has 1 aromatic heterocycles. The van der Waals surface area contributed by atoms with Crippen LogP contribution in [0.25, 0.3) is 0 Å². The number of halogens is 1. The maximum absolute atomic E-state index is 12.3. The molecule has 0 aromatic carbocycles. The van der Waals surface area contributed by atoms with Crippen molar-refractivity contribution in [1.82, 2.24) is 9.88 Å². The zero-order valence-corrected chi connectivity index (χ0v) is 11.1. The van der Waals surface area contributed by atoms with Gasteiger partial charge in [0.05, 0.1) is 24.8 Å². The highest BCUT2D eigenvalue weighted by Crippen LogP contribution is 2.41. The van der Waals surface area contributed by atoms with Crippen molar-refractivity contribution in [2.45, 2.75) is 0 Å². The third-order valence-corrected chi connectivity index (χ3v) is 4.29. The molecule has 2 atom stereocenters. The third-order valence-electron chi connectivity index (χ3n) is 4.07. The van der Waals surface area contributed by atoms with E-state index in [-0.39, 0.29) is 23.8 Å². The molecule has 6 heteroatoms. The monoisotopic (exact) mass is 282 g/mol. The van der Waals surface area contributed by atoms with Crippen LogP contribution in [0.3, 0.4) is 0 Å². The van der Waals surface area contributed by atoms with E-state index in [9.17, 15) is 9.90 Å². The van der Waals surface area contributed by atoms with E-state index in [0.29, 0.717) is 37.0 Å². The molecule has 2 saturated heterocycles. The van der Waals surface area contributed by atoms with Crippen LogP contribution >= 0.6 is 11.6 Å². The fraction of sp³-hybridized carbons (Fsp3) is 0.538.